The van der Waals surface area contributed by atoms with Gasteiger partial charge in [-0.3, -0.25) is 10.1 Å². The molecule has 0 fully saturated rings. The molecule has 7 heteroatoms. The number of hydrogen-bond acceptors (Lipinski definition) is 6. The summed E-state index contributed by atoms with van der Waals surface area (Å²) >= 11 is 1.54. The Morgan fingerprint density at radius 1 is 1.44 bits per heavy atom. The summed E-state index contributed by atoms with van der Waals surface area (Å²) in [6, 6.07) is 4.72. The minimum Gasteiger partial charge on any atom is -0.370 e. The third-order valence-corrected chi connectivity index (χ3v) is 2.86. The molecule has 2 N–H and O–H groups in total. The van der Waals surface area contributed by atoms with Crippen molar-refractivity contribution >= 4 is 34.3 Å². The SMILES string of the molecule is CCNc1cc([N+](=O)[O-])cc(Nc2ccsc2)n1. The number of hydrogen-bond donors (Lipinski definition) is 2. The number of nitrogens with one attached hydrogen (secondary N) is 2. The zero-order valence-electron chi connectivity index (χ0n) is 9.71. The van der Waals surface area contributed by atoms with E-state index in [1.807, 2.05) is 23.8 Å². The lowest BCUT2D eigenvalue weighted by Crippen LogP contribution is -2.03. The molecule has 0 atom stereocenters. The third-order valence-electron chi connectivity index (χ3n) is 2.17. The lowest BCUT2D eigenvalue weighted by molar-refractivity contribution is -0.384. The monoisotopic (exact) mass is 264 g/mol. The van der Waals surface area contributed by atoms with Crippen LogP contribution in [0.1, 0.15) is 6.92 Å². The highest BCUT2D eigenvalue weighted by molar-refractivity contribution is 7.08. The molecule has 2 rings (SSSR count). The second-order valence-corrected chi connectivity index (χ2v) is 4.30. The minimum absolute atomic E-state index is 0.0127. The van der Waals surface area contributed by atoms with E-state index in [0.717, 1.165) is 5.69 Å². The van der Waals surface area contributed by atoms with Crippen LogP contribution in [-0.4, -0.2) is 16.5 Å². The van der Waals surface area contributed by atoms with Gasteiger partial charge in [0.1, 0.15) is 11.6 Å². The summed E-state index contributed by atoms with van der Waals surface area (Å²) in [4.78, 5) is 14.7. The van der Waals surface area contributed by atoms with Crippen LogP contribution in [-0.2, 0) is 0 Å². The topological polar surface area (TPSA) is 80.1 Å². The van der Waals surface area contributed by atoms with Crippen LogP contribution in [0.2, 0.25) is 0 Å². The van der Waals surface area contributed by atoms with Crippen LogP contribution >= 0.6 is 11.3 Å². The molecule has 2 aromatic rings. The third kappa shape index (κ3) is 2.95. The summed E-state index contributed by atoms with van der Waals surface area (Å²) in [5.41, 5.74) is 0.883. The van der Waals surface area contributed by atoms with Gasteiger partial charge in [0.25, 0.3) is 5.69 Å². The van der Waals surface area contributed by atoms with E-state index in [9.17, 15) is 10.1 Å². The Bertz CT molecular complexity index is 542. The fourth-order valence-electron chi connectivity index (χ4n) is 1.44. The molecule has 0 spiro atoms. The Morgan fingerprint density at radius 3 is 2.83 bits per heavy atom. The van der Waals surface area contributed by atoms with E-state index in [4.69, 9.17) is 0 Å². The van der Waals surface area contributed by atoms with Gasteiger partial charge < -0.3 is 10.6 Å². The maximum Gasteiger partial charge on any atom is 0.276 e. The average Bonchev–Trinajstić information content (AvgIpc) is 2.82. The van der Waals surface area contributed by atoms with Gasteiger partial charge in [-0.25, -0.2) is 4.98 Å². The van der Waals surface area contributed by atoms with E-state index in [-0.39, 0.29) is 5.69 Å². The summed E-state index contributed by atoms with van der Waals surface area (Å²) in [6.07, 6.45) is 0. The Kier molecular flexibility index (Phi) is 3.73. The van der Waals surface area contributed by atoms with Gasteiger partial charge >= 0.3 is 0 Å². The molecule has 0 aliphatic heterocycles. The van der Waals surface area contributed by atoms with E-state index < -0.39 is 4.92 Å². The molecule has 0 unspecified atom stereocenters. The van der Waals surface area contributed by atoms with E-state index >= 15 is 0 Å². The van der Waals surface area contributed by atoms with Gasteiger partial charge in [0.2, 0.25) is 0 Å². The first-order valence-corrected chi connectivity index (χ1v) is 6.33. The molecular weight excluding hydrogens is 252 g/mol. The first-order valence-electron chi connectivity index (χ1n) is 5.38. The summed E-state index contributed by atoms with van der Waals surface area (Å²) < 4.78 is 0. The fraction of sp³-hybridized carbons (Fsp3) is 0.182. The summed E-state index contributed by atoms with van der Waals surface area (Å²) in [6.45, 7) is 2.57. The van der Waals surface area contributed by atoms with Crippen LogP contribution in [0.3, 0.4) is 0 Å². The molecule has 2 aromatic heterocycles. The summed E-state index contributed by atoms with van der Waals surface area (Å²) in [5, 5.41) is 20.7. The zero-order chi connectivity index (χ0) is 13.0. The van der Waals surface area contributed by atoms with Crippen molar-refractivity contribution in [3.05, 3.63) is 39.1 Å². The smallest absolute Gasteiger partial charge is 0.276 e. The van der Waals surface area contributed by atoms with E-state index in [2.05, 4.69) is 15.6 Å². The number of aromatic nitrogens is 1. The Hall–Kier alpha value is -2.15. The number of nitrogens with zero attached hydrogens (tertiary/aromatic N) is 2. The molecule has 18 heavy (non-hydrogen) atoms. The maximum atomic E-state index is 10.8. The Balaban J connectivity index is 2.30. The van der Waals surface area contributed by atoms with Gasteiger partial charge in [-0.2, -0.15) is 11.3 Å². The van der Waals surface area contributed by atoms with Crippen molar-refractivity contribution in [2.45, 2.75) is 6.92 Å². The van der Waals surface area contributed by atoms with Gasteiger partial charge in [0.15, 0.2) is 0 Å². The van der Waals surface area contributed by atoms with Crippen molar-refractivity contribution in [2.24, 2.45) is 0 Å². The van der Waals surface area contributed by atoms with E-state index in [1.54, 1.807) is 11.3 Å². The normalized spacial score (nSPS) is 10.1. The van der Waals surface area contributed by atoms with Crippen LogP contribution in [0, 0.1) is 10.1 Å². The average molecular weight is 264 g/mol. The Labute approximate surface area is 108 Å². The highest BCUT2D eigenvalue weighted by Crippen LogP contribution is 2.24. The van der Waals surface area contributed by atoms with Gasteiger partial charge in [-0.15, -0.1) is 0 Å². The molecule has 0 bridgehead atoms. The predicted octanol–water partition coefficient (Wildman–Crippen LogP) is 3.23. The minimum atomic E-state index is -0.429. The number of thiophene rings is 1. The number of rotatable bonds is 5. The first kappa shape index (κ1) is 12.3. The standard InChI is InChI=1S/C11H12N4O2S/c1-2-12-10-5-9(15(16)17)6-11(14-10)13-8-3-4-18-7-8/h3-7H,2H2,1H3,(H2,12,13,14). The highest BCUT2D eigenvalue weighted by Gasteiger charge is 2.11. The van der Waals surface area contributed by atoms with Crippen molar-refractivity contribution in [3.63, 3.8) is 0 Å². The largest absolute Gasteiger partial charge is 0.370 e. The molecule has 0 aliphatic rings. The summed E-state index contributed by atoms with van der Waals surface area (Å²) in [5.74, 6) is 0.947. The fourth-order valence-corrected chi connectivity index (χ4v) is 2.03. The second-order valence-electron chi connectivity index (χ2n) is 3.52. The summed E-state index contributed by atoms with van der Waals surface area (Å²) in [7, 11) is 0. The van der Waals surface area contributed by atoms with Crippen molar-refractivity contribution in [1.29, 1.82) is 0 Å². The van der Waals surface area contributed by atoms with Crippen LogP contribution < -0.4 is 10.6 Å². The molecule has 2 heterocycles. The molecule has 0 amide bonds. The quantitative estimate of drug-likeness (QED) is 0.640. The van der Waals surface area contributed by atoms with E-state index in [1.165, 1.54) is 12.1 Å². The maximum absolute atomic E-state index is 10.8. The van der Waals surface area contributed by atoms with Crippen molar-refractivity contribution in [3.8, 4) is 0 Å². The molecular formula is C11H12N4O2S. The first-order chi connectivity index (χ1) is 8.69. The lowest BCUT2D eigenvalue weighted by Gasteiger charge is -2.07. The molecule has 94 valence electrons. The van der Waals surface area contributed by atoms with Crippen molar-refractivity contribution in [1.82, 2.24) is 4.98 Å². The molecule has 0 aliphatic carbocycles. The molecule has 0 radical (unpaired) electrons. The van der Waals surface area contributed by atoms with Crippen LogP contribution in [0.15, 0.2) is 29.0 Å². The highest BCUT2D eigenvalue weighted by atomic mass is 32.1. The molecule has 0 saturated carbocycles. The van der Waals surface area contributed by atoms with Crippen LogP contribution in [0.25, 0.3) is 0 Å². The lowest BCUT2D eigenvalue weighted by atomic mass is 10.3. The molecule has 0 aromatic carbocycles. The van der Waals surface area contributed by atoms with Gasteiger partial charge in [-0.05, 0) is 18.4 Å². The van der Waals surface area contributed by atoms with Gasteiger partial charge in [0.05, 0.1) is 22.7 Å². The molecule has 6 nitrogen and oxygen atoms in total. The van der Waals surface area contributed by atoms with Gasteiger partial charge in [0, 0.05) is 11.9 Å². The number of anilines is 3. The van der Waals surface area contributed by atoms with E-state index in [0.29, 0.717) is 18.2 Å². The van der Waals surface area contributed by atoms with Crippen LogP contribution in [0.5, 0.6) is 0 Å². The Morgan fingerprint density at radius 2 is 2.22 bits per heavy atom. The second kappa shape index (κ2) is 5.46. The number of nitro groups is 1. The van der Waals surface area contributed by atoms with Crippen molar-refractivity contribution in [2.75, 3.05) is 17.2 Å². The number of pyridine rings is 1. The van der Waals surface area contributed by atoms with Gasteiger partial charge in [-0.1, -0.05) is 0 Å². The molecule has 0 saturated heterocycles. The zero-order valence-corrected chi connectivity index (χ0v) is 10.5. The van der Waals surface area contributed by atoms with Crippen molar-refractivity contribution < 1.29 is 4.92 Å². The predicted molar refractivity (Wildman–Crippen MR) is 72.7 cm³/mol. The van der Waals surface area contributed by atoms with Crippen LogP contribution in [0.4, 0.5) is 23.0 Å².